The number of anilines is 1. The Kier molecular flexibility index (Phi) is 6.31. The number of aromatic nitrogens is 1. The van der Waals surface area contributed by atoms with Crippen LogP contribution in [0.2, 0.25) is 0 Å². The summed E-state index contributed by atoms with van der Waals surface area (Å²) in [4.78, 5) is 24.9. The molecule has 0 radical (unpaired) electrons. The summed E-state index contributed by atoms with van der Waals surface area (Å²) in [5.41, 5.74) is 1.03. The molecule has 1 aromatic heterocycles. The van der Waals surface area contributed by atoms with Crippen LogP contribution >= 0.6 is 0 Å². The van der Waals surface area contributed by atoms with Crippen LogP contribution in [0, 0.1) is 11.8 Å². The van der Waals surface area contributed by atoms with E-state index < -0.39 is 21.7 Å². The van der Waals surface area contributed by atoms with Crippen LogP contribution in [0.25, 0.3) is 11.1 Å². The monoisotopic (exact) mass is 473 g/mol. The lowest BCUT2D eigenvalue weighted by Gasteiger charge is -2.34. The smallest absolute Gasteiger partial charge is 0.420 e. The molecular weight excluding hydrogens is 446 g/mol. The molecule has 1 amide bonds. The van der Waals surface area contributed by atoms with Crippen molar-refractivity contribution in [2.45, 2.75) is 31.7 Å². The van der Waals surface area contributed by atoms with Crippen molar-refractivity contribution >= 4 is 32.7 Å². The maximum Gasteiger partial charge on any atom is 0.420 e. The Bertz CT molecular complexity index is 1320. The molecule has 9 nitrogen and oxygen atoms in total. The van der Waals surface area contributed by atoms with Crippen LogP contribution in [0.1, 0.15) is 20.3 Å². The number of sulfonamides is 1. The van der Waals surface area contributed by atoms with Gasteiger partial charge in [-0.15, -0.1) is 0 Å². The number of amides is 1. The second-order valence-electron chi connectivity index (χ2n) is 8.63. The number of ether oxygens (including phenoxy) is 1. The molecule has 4 rings (SSSR count). The third-order valence-electron chi connectivity index (χ3n) is 5.79. The Labute approximate surface area is 192 Å². The highest BCUT2D eigenvalue weighted by Crippen LogP contribution is 2.28. The number of carbonyl (C=O) groups excluding carboxylic acids is 1. The molecule has 0 spiro atoms. The number of carbonyl (C=O) groups is 1. The molecule has 2 heterocycles. The molecule has 1 N–H and O–H groups in total. The number of benzene rings is 2. The number of rotatable bonds is 6. The molecule has 0 bridgehead atoms. The Morgan fingerprint density at radius 1 is 1.12 bits per heavy atom. The number of nitrogens with zero attached hydrogens (tertiary/aromatic N) is 2. The lowest BCUT2D eigenvalue weighted by atomic mass is 9.94. The minimum Gasteiger partial charge on any atom is -0.497 e. The van der Waals surface area contributed by atoms with Crippen LogP contribution in [-0.2, 0) is 21.4 Å². The standard InChI is InChI=1S/C23H27N3O6S/c1-15-10-16(2)13-25(12-15)33(29,30)19-8-9-20-21(11-19)32-23(28)26(20)14-22(27)24-17-4-6-18(31-3)7-5-17/h4-9,11,15-16H,10,12-14H2,1-3H3,(H,24,27). The van der Waals surface area contributed by atoms with Crippen LogP contribution in [0.3, 0.4) is 0 Å². The fraction of sp³-hybridized carbons (Fsp3) is 0.391. The summed E-state index contributed by atoms with van der Waals surface area (Å²) in [5.74, 6) is 0.0536. The normalized spacial score (nSPS) is 19.5. The van der Waals surface area contributed by atoms with Gasteiger partial charge in [0.05, 0.1) is 17.5 Å². The van der Waals surface area contributed by atoms with Gasteiger partial charge in [-0.1, -0.05) is 13.8 Å². The number of methoxy groups -OCH3 is 1. The topological polar surface area (TPSA) is 111 Å². The summed E-state index contributed by atoms with van der Waals surface area (Å²) >= 11 is 0. The maximum absolute atomic E-state index is 13.2. The molecule has 1 fully saturated rings. The van der Waals surface area contributed by atoms with E-state index in [9.17, 15) is 18.0 Å². The molecule has 2 atom stereocenters. The van der Waals surface area contributed by atoms with Gasteiger partial charge in [-0.3, -0.25) is 9.36 Å². The summed E-state index contributed by atoms with van der Waals surface area (Å²) in [6, 6.07) is 11.1. The predicted octanol–water partition coefficient (Wildman–Crippen LogP) is 2.91. The van der Waals surface area contributed by atoms with E-state index in [1.165, 1.54) is 27.1 Å². The van der Waals surface area contributed by atoms with Gasteiger partial charge < -0.3 is 14.5 Å². The van der Waals surface area contributed by atoms with Gasteiger partial charge in [0.1, 0.15) is 12.3 Å². The Hall–Kier alpha value is -3.11. The Morgan fingerprint density at radius 3 is 2.42 bits per heavy atom. The first-order valence-electron chi connectivity index (χ1n) is 10.7. The van der Waals surface area contributed by atoms with E-state index in [0.717, 1.165) is 6.42 Å². The third-order valence-corrected chi connectivity index (χ3v) is 7.62. The summed E-state index contributed by atoms with van der Waals surface area (Å²) in [6.45, 7) is 4.72. The van der Waals surface area contributed by atoms with Gasteiger partial charge in [-0.05, 0) is 54.7 Å². The SMILES string of the molecule is COc1ccc(NC(=O)Cn2c(=O)oc3cc(S(=O)(=O)N4CC(C)CC(C)C4)ccc32)cc1. The van der Waals surface area contributed by atoms with E-state index in [1.807, 2.05) is 13.8 Å². The van der Waals surface area contributed by atoms with Crippen molar-refractivity contribution in [3.8, 4) is 5.75 Å². The number of piperidine rings is 1. The first-order chi connectivity index (χ1) is 15.7. The van der Waals surface area contributed by atoms with Gasteiger partial charge >= 0.3 is 5.76 Å². The molecule has 1 aliphatic heterocycles. The first-order valence-corrected chi connectivity index (χ1v) is 12.2. The third kappa shape index (κ3) is 4.81. The van der Waals surface area contributed by atoms with E-state index in [2.05, 4.69) is 5.32 Å². The van der Waals surface area contributed by atoms with Crippen LogP contribution < -0.4 is 15.8 Å². The molecule has 1 saturated heterocycles. The zero-order chi connectivity index (χ0) is 23.8. The first kappa shape index (κ1) is 23.1. The molecule has 176 valence electrons. The highest BCUT2D eigenvalue weighted by Gasteiger charge is 2.32. The zero-order valence-electron chi connectivity index (χ0n) is 18.8. The van der Waals surface area contributed by atoms with E-state index in [0.29, 0.717) is 30.0 Å². The second kappa shape index (κ2) is 9.03. The van der Waals surface area contributed by atoms with Gasteiger partial charge in [-0.2, -0.15) is 4.31 Å². The molecule has 10 heteroatoms. The predicted molar refractivity (Wildman–Crippen MR) is 124 cm³/mol. The van der Waals surface area contributed by atoms with Gasteiger partial charge in [0.2, 0.25) is 15.9 Å². The van der Waals surface area contributed by atoms with Crippen LogP contribution in [-0.4, -0.2) is 43.4 Å². The number of fused-ring (bicyclic) bond motifs is 1. The molecule has 1 aliphatic rings. The van der Waals surface area contributed by atoms with Gasteiger partial charge in [0.15, 0.2) is 5.58 Å². The number of nitrogens with one attached hydrogen (secondary N) is 1. The fourth-order valence-corrected chi connectivity index (χ4v) is 6.02. The molecule has 2 unspecified atom stereocenters. The largest absolute Gasteiger partial charge is 0.497 e. The lowest BCUT2D eigenvalue weighted by Crippen LogP contribution is -2.42. The fourth-order valence-electron chi connectivity index (χ4n) is 4.33. The number of hydrogen-bond acceptors (Lipinski definition) is 6. The molecular formula is C23H27N3O6S. The maximum atomic E-state index is 13.2. The molecule has 2 aromatic carbocycles. The van der Waals surface area contributed by atoms with Crippen molar-refractivity contribution in [1.82, 2.24) is 8.87 Å². The second-order valence-corrected chi connectivity index (χ2v) is 10.6. The van der Waals surface area contributed by atoms with Gasteiger partial charge in [0, 0.05) is 24.8 Å². The minimum atomic E-state index is -3.72. The van der Waals surface area contributed by atoms with Gasteiger partial charge in [0.25, 0.3) is 0 Å². The quantitative estimate of drug-likeness (QED) is 0.589. The number of oxazole rings is 1. The van der Waals surface area contributed by atoms with Gasteiger partial charge in [-0.25, -0.2) is 13.2 Å². The van der Waals surface area contributed by atoms with E-state index >= 15 is 0 Å². The van der Waals surface area contributed by atoms with Crippen molar-refractivity contribution in [3.63, 3.8) is 0 Å². The summed E-state index contributed by atoms with van der Waals surface area (Å²) < 4.78 is 39.4. The molecule has 33 heavy (non-hydrogen) atoms. The summed E-state index contributed by atoms with van der Waals surface area (Å²) in [5, 5.41) is 2.71. The van der Waals surface area contributed by atoms with Crippen molar-refractivity contribution in [3.05, 3.63) is 53.0 Å². The highest BCUT2D eigenvalue weighted by molar-refractivity contribution is 7.89. The van der Waals surface area contributed by atoms with Crippen molar-refractivity contribution in [2.75, 3.05) is 25.5 Å². The molecule has 3 aromatic rings. The summed E-state index contributed by atoms with van der Waals surface area (Å²) in [6.07, 6.45) is 0.987. The van der Waals surface area contributed by atoms with Crippen molar-refractivity contribution < 1.29 is 22.4 Å². The summed E-state index contributed by atoms with van der Waals surface area (Å²) in [7, 11) is -2.17. The van der Waals surface area contributed by atoms with Crippen LogP contribution in [0.15, 0.2) is 56.6 Å². The number of hydrogen-bond donors (Lipinski definition) is 1. The lowest BCUT2D eigenvalue weighted by molar-refractivity contribution is -0.116. The molecule has 0 saturated carbocycles. The average molecular weight is 474 g/mol. The van der Waals surface area contributed by atoms with Crippen molar-refractivity contribution in [2.24, 2.45) is 11.8 Å². The zero-order valence-corrected chi connectivity index (χ0v) is 19.6. The minimum absolute atomic E-state index is 0.0693. The van der Waals surface area contributed by atoms with E-state index in [1.54, 1.807) is 31.4 Å². The van der Waals surface area contributed by atoms with Crippen LogP contribution in [0.4, 0.5) is 5.69 Å². The van der Waals surface area contributed by atoms with E-state index in [-0.39, 0.29) is 28.9 Å². The Morgan fingerprint density at radius 2 is 1.79 bits per heavy atom. The highest BCUT2D eigenvalue weighted by atomic mass is 32.2. The molecule has 0 aliphatic carbocycles. The average Bonchev–Trinajstić information content (AvgIpc) is 3.07. The Balaban J connectivity index is 1.56. The van der Waals surface area contributed by atoms with E-state index in [4.69, 9.17) is 9.15 Å². The van der Waals surface area contributed by atoms with Crippen molar-refractivity contribution in [1.29, 1.82) is 0 Å². The van der Waals surface area contributed by atoms with Crippen LogP contribution in [0.5, 0.6) is 5.75 Å².